The molecule has 38 heavy (non-hydrogen) atoms. The van der Waals surface area contributed by atoms with Gasteiger partial charge in [0.25, 0.3) is 0 Å². The van der Waals surface area contributed by atoms with E-state index in [1.807, 2.05) is 20.8 Å². The minimum Gasteiger partial charge on any atom is -0.460 e. The second kappa shape index (κ2) is 15.9. The monoisotopic (exact) mass is 539 g/mol. The van der Waals surface area contributed by atoms with Crippen LogP contribution < -0.4 is 26.6 Å². The van der Waals surface area contributed by atoms with Crippen LogP contribution in [-0.2, 0) is 33.5 Å². The predicted octanol–water partition coefficient (Wildman–Crippen LogP) is 0.289. The van der Waals surface area contributed by atoms with Crippen molar-refractivity contribution in [3.63, 3.8) is 0 Å². The summed E-state index contributed by atoms with van der Waals surface area (Å²) in [5, 5.41) is 12.9. The van der Waals surface area contributed by atoms with E-state index in [0.29, 0.717) is 19.3 Å². The van der Waals surface area contributed by atoms with Gasteiger partial charge in [0.05, 0.1) is 13.0 Å². The van der Waals surface area contributed by atoms with Crippen molar-refractivity contribution < 1.29 is 33.5 Å². The summed E-state index contributed by atoms with van der Waals surface area (Å²) >= 11 is 0. The molecule has 216 valence electrons. The number of unbranched alkanes of at least 4 members (excludes halogenated alkanes) is 1. The van der Waals surface area contributed by atoms with E-state index in [-0.39, 0.29) is 24.8 Å². The third-order valence-electron chi connectivity index (χ3n) is 6.09. The first-order chi connectivity index (χ1) is 17.7. The number of ether oxygens (including phenoxy) is 1. The molecule has 12 nitrogen and oxygen atoms in total. The number of esters is 1. The van der Waals surface area contributed by atoms with Gasteiger partial charge >= 0.3 is 5.97 Å². The van der Waals surface area contributed by atoms with Gasteiger partial charge in [-0.2, -0.15) is 0 Å². The summed E-state index contributed by atoms with van der Waals surface area (Å²) in [6, 6.07) is -3.95. The van der Waals surface area contributed by atoms with Crippen LogP contribution in [0, 0.1) is 11.8 Å². The number of hydrogen-bond acceptors (Lipinski definition) is 7. The topological polar surface area (TPSA) is 172 Å². The van der Waals surface area contributed by atoms with Gasteiger partial charge < -0.3 is 31.3 Å². The minimum absolute atomic E-state index is 0.0366. The molecule has 1 saturated heterocycles. The number of carbonyl (C=O) groups excluding carboxylic acids is 6. The molecule has 0 aliphatic carbocycles. The van der Waals surface area contributed by atoms with E-state index in [1.54, 1.807) is 13.8 Å². The number of amides is 5. The zero-order valence-electron chi connectivity index (χ0n) is 23.6. The largest absolute Gasteiger partial charge is 0.460 e. The van der Waals surface area contributed by atoms with Gasteiger partial charge in [0.1, 0.15) is 30.3 Å². The lowest BCUT2D eigenvalue weighted by molar-refractivity contribution is -0.154. The molecule has 1 aliphatic rings. The molecule has 12 heteroatoms. The van der Waals surface area contributed by atoms with Crippen LogP contribution in [-0.4, -0.2) is 72.3 Å². The molecule has 0 spiro atoms. The Morgan fingerprint density at radius 2 is 1.45 bits per heavy atom. The molecule has 0 radical (unpaired) electrons. The van der Waals surface area contributed by atoms with Gasteiger partial charge in [-0.3, -0.25) is 24.0 Å². The molecule has 0 aromatic heterocycles. The van der Waals surface area contributed by atoms with E-state index in [1.165, 1.54) is 13.8 Å². The Balaban J connectivity index is 3.24. The molecule has 2 unspecified atom stereocenters. The summed E-state index contributed by atoms with van der Waals surface area (Å²) in [6.07, 6.45) is 1.35. The van der Waals surface area contributed by atoms with E-state index < -0.39 is 65.8 Å². The fraction of sp³-hybridized carbons (Fsp3) is 0.769. The average Bonchev–Trinajstić information content (AvgIpc) is 2.82. The minimum atomic E-state index is -1.03. The Kier molecular flexibility index (Phi) is 13.8. The third-order valence-corrected chi connectivity index (χ3v) is 6.09. The molecular formula is C26H45N5O7. The number of rotatable bonds is 6. The van der Waals surface area contributed by atoms with Crippen molar-refractivity contribution in [3.05, 3.63) is 0 Å². The van der Waals surface area contributed by atoms with Gasteiger partial charge in [-0.25, -0.2) is 4.79 Å². The SMILES string of the molecule is CCCC[C@@H]1CC(=O)NCC(=O)NC(C(C)C)C(=O)NC(CC(C)C)C(=O)N[C@@H](C)C(=O)N[C@@H](C)C(=O)O1. The van der Waals surface area contributed by atoms with E-state index >= 15 is 0 Å². The summed E-state index contributed by atoms with van der Waals surface area (Å²) in [7, 11) is 0. The van der Waals surface area contributed by atoms with Gasteiger partial charge in [-0.05, 0) is 38.5 Å². The molecule has 1 rings (SSSR count). The summed E-state index contributed by atoms with van der Waals surface area (Å²) in [5.41, 5.74) is 0. The van der Waals surface area contributed by atoms with Crippen molar-refractivity contribution in [1.29, 1.82) is 0 Å². The fourth-order valence-corrected chi connectivity index (χ4v) is 3.86. The van der Waals surface area contributed by atoms with E-state index in [0.717, 1.165) is 6.42 Å². The normalized spacial score (nSPS) is 27.2. The molecule has 1 heterocycles. The Bertz CT molecular complexity index is 861. The number of hydrogen-bond donors (Lipinski definition) is 5. The van der Waals surface area contributed by atoms with Crippen LogP contribution >= 0.6 is 0 Å². The Hall–Kier alpha value is -3.18. The van der Waals surface area contributed by atoms with E-state index in [9.17, 15) is 28.8 Å². The van der Waals surface area contributed by atoms with Crippen LogP contribution in [0.15, 0.2) is 0 Å². The average molecular weight is 540 g/mol. The standard InChI is InChI=1S/C26H45N5O7/c1-8-9-10-18-12-20(32)27-13-21(33)31-22(15(4)5)25(36)30-19(11-14(2)3)24(35)28-16(6)23(34)29-17(7)26(37)38-18/h14-19,22H,8-13H2,1-7H3,(H,27,32)(H,28,35)(H,29,34)(H,30,36)(H,31,33)/t16-,17-,18+,19?,22?/m0/s1. The first-order valence-corrected chi connectivity index (χ1v) is 13.4. The molecule has 0 aromatic rings. The summed E-state index contributed by atoms with van der Waals surface area (Å²) in [4.78, 5) is 76.5. The molecule has 0 bridgehead atoms. The Morgan fingerprint density at radius 1 is 0.816 bits per heavy atom. The Labute approximate surface area is 225 Å². The molecule has 1 fully saturated rings. The molecule has 5 amide bonds. The van der Waals surface area contributed by atoms with Gasteiger partial charge in [-0.15, -0.1) is 0 Å². The highest BCUT2D eigenvalue weighted by Gasteiger charge is 2.31. The van der Waals surface area contributed by atoms with Crippen LogP contribution in [0.3, 0.4) is 0 Å². The highest BCUT2D eigenvalue weighted by atomic mass is 16.5. The smallest absolute Gasteiger partial charge is 0.328 e. The zero-order valence-corrected chi connectivity index (χ0v) is 23.6. The maximum absolute atomic E-state index is 13.1. The van der Waals surface area contributed by atoms with Crippen molar-refractivity contribution in [2.24, 2.45) is 11.8 Å². The molecule has 5 atom stereocenters. The first-order valence-electron chi connectivity index (χ1n) is 13.4. The molecule has 1 aliphatic heterocycles. The lowest BCUT2D eigenvalue weighted by Gasteiger charge is -2.27. The van der Waals surface area contributed by atoms with Gasteiger partial charge in [0.15, 0.2) is 0 Å². The molecule has 0 saturated carbocycles. The van der Waals surface area contributed by atoms with Crippen molar-refractivity contribution in [2.75, 3.05) is 6.54 Å². The summed E-state index contributed by atoms with van der Waals surface area (Å²) in [6.45, 7) is 11.8. The predicted molar refractivity (Wildman–Crippen MR) is 140 cm³/mol. The number of carbonyl (C=O) groups is 6. The van der Waals surface area contributed by atoms with Crippen molar-refractivity contribution in [2.45, 2.75) is 111 Å². The van der Waals surface area contributed by atoms with Crippen molar-refractivity contribution in [3.8, 4) is 0 Å². The fourth-order valence-electron chi connectivity index (χ4n) is 3.86. The van der Waals surface area contributed by atoms with Crippen LogP contribution in [0.2, 0.25) is 0 Å². The highest BCUT2D eigenvalue weighted by molar-refractivity contribution is 5.95. The van der Waals surface area contributed by atoms with E-state index in [4.69, 9.17) is 4.74 Å². The maximum Gasteiger partial charge on any atom is 0.328 e. The van der Waals surface area contributed by atoms with E-state index in [2.05, 4.69) is 26.6 Å². The molecule has 0 aromatic carbocycles. The second-order valence-electron chi connectivity index (χ2n) is 10.6. The quantitative estimate of drug-likeness (QED) is 0.302. The lowest BCUT2D eigenvalue weighted by atomic mass is 9.99. The van der Waals surface area contributed by atoms with Gasteiger partial charge in [0.2, 0.25) is 29.5 Å². The van der Waals surface area contributed by atoms with Crippen LogP contribution in [0.5, 0.6) is 0 Å². The summed E-state index contributed by atoms with van der Waals surface area (Å²) < 4.78 is 5.50. The molecule has 5 N–H and O–H groups in total. The Morgan fingerprint density at radius 3 is 2.03 bits per heavy atom. The lowest BCUT2D eigenvalue weighted by Crippen LogP contribution is -2.58. The van der Waals surface area contributed by atoms with Crippen LogP contribution in [0.25, 0.3) is 0 Å². The summed E-state index contributed by atoms with van der Waals surface area (Å²) in [5.74, 6) is -3.78. The van der Waals surface area contributed by atoms with Gasteiger partial charge in [-0.1, -0.05) is 47.5 Å². The highest BCUT2D eigenvalue weighted by Crippen LogP contribution is 2.12. The number of nitrogens with one attached hydrogen (secondary N) is 5. The first kappa shape index (κ1) is 32.8. The van der Waals surface area contributed by atoms with Crippen molar-refractivity contribution >= 4 is 35.5 Å². The van der Waals surface area contributed by atoms with Crippen molar-refractivity contribution in [1.82, 2.24) is 26.6 Å². The maximum atomic E-state index is 13.1. The van der Waals surface area contributed by atoms with Crippen LogP contribution in [0.4, 0.5) is 0 Å². The third kappa shape index (κ3) is 11.5. The molecular weight excluding hydrogens is 494 g/mol. The second-order valence-corrected chi connectivity index (χ2v) is 10.6. The van der Waals surface area contributed by atoms with Crippen LogP contribution in [0.1, 0.15) is 80.6 Å². The zero-order chi connectivity index (χ0) is 29.0. The number of cyclic esters (lactones) is 1. The van der Waals surface area contributed by atoms with Gasteiger partial charge in [0, 0.05) is 0 Å².